The Balaban J connectivity index is 1.95. The third-order valence-corrected chi connectivity index (χ3v) is 3.96. The molecule has 8 heteroatoms. The molecule has 0 saturated carbocycles. The zero-order chi connectivity index (χ0) is 17.3. The Labute approximate surface area is 143 Å². The average molecular weight is 347 g/mol. The van der Waals surface area contributed by atoms with Gasteiger partial charge in [0.25, 0.3) is 10.7 Å². The summed E-state index contributed by atoms with van der Waals surface area (Å²) in [7, 11) is 1.91. The van der Waals surface area contributed by atoms with E-state index in [1.54, 1.807) is 6.92 Å². The van der Waals surface area contributed by atoms with Crippen LogP contribution >= 0.6 is 12.2 Å². The number of esters is 1. The van der Waals surface area contributed by atoms with Gasteiger partial charge >= 0.3 is 5.97 Å². The van der Waals surface area contributed by atoms with Gasteiger partial charge in [-0.3, -0.25) is 0 Å². The molecule has 126 valence electrons. The molecule has 0 amide bonds. The summed E-state index contributed by atoms with van der Waals surface area (Å²) in [5.41, 5.74) is 2.33. The number of carbonyl (C=O) groups is 1. The number of rotatable bonds is 5. The Hall–Kier alpha value is -2.61. The summed E-state index contributed by atoms with van der Waals surface area (Å²) in [6.45, 7) is 4.14. The molecule has 1 aromatic carbocycles. The van der Waals surface area contributed by atoms with E-state index in [1.165, 1.54) is 0 Å². The summed E-state index contributed by atoms with van der Waals surface area (Å²) < 4.78 is 18.0. The fourth-order valence-corrected chi connectivity index (χ4v) is 2.71. The normalized spacial score (nSPS) is 11.0. The van der Waals surface area contributed by atoms with Crippen molar-refractivity contribution < 1.29 is 18.7 Å². The minimum atomic E-state index is -0.337. The van der Waals surface area contributed by atoms with Crippen molar-refractivity contribution in [3.05, 3.63) is 40.2 Å². The number of nitrogens with one attached hydrogen (secondary N) is 1. The summed E-state index contributed by atoms with van der Waals surface area (Å²) in [6.07, 6.45) is 0. The Morgan fingerprint density at radius 3 is 2.92 bits per heavy atom. The van der Waals surface area contributed by atoms with Gasteiger partial charge in [-0.2, -0.15) is 0 Å². The van der Waals surface area contributed by atoms with E-state index in [1.807, 2.05) is 36.7 Å². The largest absolute Gasteiger partial charge is 0.484 e. The standard InChI is InChI=1S/C16H17N3O4S/c1-4-21-15(20)14-9(2)19(3)12-6-5-10(7-11(12)14)22-8-13-17-18-16(24)23-13/h5-7H,4,8H2,1-3H3,(H,18,24). The SMILES string of the molecule is CCOC(=O)c1c(C)n(C)c2ccc(OCc3n[nH]c(=S)o3)cc12. The van der Waals surface area contributed by atoms with Crippen molar-refractivity contribution in [3.8, 4) is 5.75 Å². The van der Waals surface area contributed by atoms with E-state index in [9.17, 15) is 4.79 Å². The molecule has 0 bridgehead atoms. The Bertz CT molecular complexity index is 954. The lowest BCUT2D eigenvalue weighted by Gasteiger charge is -2.05. The highest BCUT2D eigenvalue weighted by Crippen LogP contribution is 2.29. The average Bonchev–Trinajstić information content (AvgIpc) is 3.08. The molecule has 0 fully saturated rings. The predicted molar refractivity (Wildman–Crippen MR) is 89.6 cm³/mol. The van der Waals surface area contributed by atoms with Crippen LogP contribution in [0.1, 0.15) is 28.9 Å². The zero-order valence-electron chi connectivity index (χ0n) is 13.6. The summed E-state index contributed by atoms with van der Waals surface area (Å²) in [4.78, 5) is 12.5. The number of benzene rings is 1. The molecule has 0 aliphatic rings. The summed E-state index contributed by atoms with van der Waals surface area (Å²) in [6, 6.07) is 5.55. The molecule has 0 saturated heterocycles. The van der Waals surface area contributed by atoms with Crippen molar-refractivity contribution in [2.24, 2.45) is 7.05 Å². The quantitative estimate of drug-likeness (QED) is 0.563. The molecule has 7 nitrogen and oxygen atoms in total. The smallest absolute Gasteiger partial charge is 0.340 e. The number of hydrogen-bond donors (Lipinski definition) is 1. The highest BCUT2D eigenvalue weighted by atomic mass is 32.1. The molecular formula is C16H17N3O4S. The summed E-state index contributed by atoms with van der Waals surface area (Å²) in [5, 5.41) is 7.21. The molecule has 0 unspecified atom stereocenters. The molecule has 3 aromatic rings. The monoisotopic (exact) mass is 347 g/mol. The number of H-pyrrole nitrogens is 1. The molecule has 0 atom stereocenters. The van der Waals surface area contributed by atoms with Gasteiger partial charge in [-0.15, -0.1) is 5.10 Å². The van der Waals surface area contributed by atoms with Crippen LogP contribution in [0.25, 0.3) is 10.9 Å². The third-order valence-electron chi connectivity index (χ3n) is 3.79. The number of nitrogens with zero attached hydrogens (tertiary/aromatic N) is 2. The molecule has 1 N–H and O–H groups in total. The van der Waals surface area contributed by atoms with Crippen LogP contribution in [-0.2, 0) is 18.4 Å². The van der Waals surface area contributed by atoms with Crippen molar-refractivity contribution in [2.75, 3.05) is 6.61 Å². The minimum Gasteiger partial charge on any atom is -0.484 e. The Morgan fingerprint density at radius 1 is 1.46 bits per heavy atom. The van der Waals surface area contributed by atoms with Crippen LogP contribution in [0.15, 0.2) is 22.6 Å². The molecular weight excluding hydrogens is 330 g/mol. The molecule has 24 heavy (non-hydrogen) atoms. The molecule has 2 aromatic heterocycles. The second-order valence-electron chi connectivity index (χ2n) is 5.21. The lowest BCUT2D eigenvalue weighted by atomic mass is 10.1. The predicted octanol–water partition coefficient (Wildman–Crippen LogP) is 3.29. The molecule has 0 aliphatic carbocycles. The number of fused-ring (bicyclic) bond motifs is 1. The first kappa shape index (κ1) is 16.3. The third kappa shape index (κ3) is 2.92. The first-order valence-electron chi connectivity index (χ1n) is 7.44. The van der Waals surface area contributed by atoms with E-state index >= 15 is 0 Å². The fourth-order valence-electron chi connectivity index (χ4n) is 2.57. The van der Waals surface area contributed by atoms with Crippen molar-refractivity contribution in [2.45, 2.75) is 20.5 Å². The molecule has 3 rings (SSSR count). The number of carbonyl (C=O) groups excluding carboxylic acids is 1. The Morgan fingerprint density at radius 2 is 2.25 bits per heavy atom. The topological polar surface area (TPSA) is 82.3 Å². The van der Waals surface area contributed by atoms with Gasteiger partial charge in [0.2, 0.25) is 0 Å². The number of ether oxygens (including phenoxy) is 2. The van der Waals surface area contributed by atoms with Gasteiger partial charge in [-0.25, -0.2) is 9.89 Å². The first-order chi connectivity index (χ1) is 11.5. The Kier molecular flexibility index (Phi) is 4.39. The molecule has 0 spiro atoms. The highest BCUT2D eigenvalue weighted by molar-refractivity contribution is 7.71. The molecule has 0 radical (unpaired) electrons. The van der Waals surface area contributed by atoms with Gasteiger partial charge in [0.1, 0.15) is 5.75 Å². The number of aromatic amines is 1. The highest BCUT2D eigenvalue weighted by Gasteiger charge is 2.20. The van der Waals surface area contributed by atoms with Crippen molar-refractivity contribution in [1.82, 2.24) is 14.8 Å². The fraction of sp³-hybridized carbons (Fsp3) is 0.312. The lowest BCUT2D eigenvalue weighted by Crippen LogP contribution is -2.06. The van der Waals surface area contributed by atoms with E-state index in [2.05, 4.69) is 10.2 Å². The van der Waals surface area contributed by atoms with Crippen LogP contribution < -0.4 is 4.74 Å². The van der Waals surface area contributed by atoms with Gasteiger partial charge < -0.3 is 18.5 Å². The zero-order valence-corrected chi connectivity index (χ0v) is 14.4. The van der Waals surface area contributed by atoms with Crippen LogP contribution in [0.3, 0.4) is 0 Å². The van der Waals surface area contributed by atoms with Crippen LogP contribution in [0.4, 0.5) is 0 Å². The maximum absolute atomic E-state index is 12.3. The second kappa shape index (κ2) is 6.48. The maximum Gasteiger partial charge on any atom is 0.340 e. The van der Waals surface area contributed by atoms with Crippen molar-refractivity contribution >= 4 is 29.1 Å². The van der Waals surface area contributed by atoms with Crippen LogP contribution in [0.2, 0.25) is 0 Å². The van der Waals surface area contributed by atoms with E-state index in [0.29, 0.717) is 23.8 Å². The summed E-state index contributed by atoms with van der Waals surface area (Å²) >= 11 is 4.82. The summed E-state index contributed by atoms with van der Waals surface area (Å²) in [5.74, 6) is 0.619. The van der Waals surface area contributed by atoms with Gasteiger partial charge in [-0.1, -0.05) is 0 Å². The van der Waals surface area contributed by atoms with E-state index in [0.717, 1.165) is 16.6 Å². The van der Waals surface area contributed by atoms with Crippen LogP contribution in [0.5, 0.6) is 5.75 Å². The van der Waals surface area contributed by atoms with Crippen molar-refractivity contribution in [3.63, 3.8) is 0 Å². The van der Waals surface area contributed by atoms with E-state index in [4.69, 9.17) is 26.1 Å². The van der Waals surface area contributed by atoms with Gasteiger partial charge in [0, 0.05) is 23.6 Å². The number of aryl methyl sites for hydroxylation is 1. The second-order valence-corrected chi connectivity index (χ2v) is 5.59. The van der Waals surface area contributed by atoms with Gasteiger partial charge in [-0.05, 0) is 44.3 Å². The van der Waals surface area contributed by atoms with Crippen LogP contribution in [0, 0.1) is 11.8 Å². The lowest BCUT2D eigenvalue weighted by molar-refractivity contribution is 0.0527. The van der Waals surface area contributed by atoms with E-state index in [-0.39, 0.29) is 17.4 Å². The minimum absolute atomic E-state index is 0.138. The number of hydrogen-bond acceptors (Lipinski definition) is 6. The maximum atomic E-state index is 12.3. The van der Waals surface area contributed by atoms with Gasteiger partial charge in [0.05, 0.1) is 12.2 Å². The number of aromatic nitrogens is 3. The van der Waals surface area contributed by atoms with Crippen LogP contribution in [-0.4, -0.2) is 27.3 Å². The molecule has 0 aliphatic heterocycles. The van der Waals surface area contributed by atoms with Gasteiger partial charge in [0.15, 0.2) is 6.61 Å². The van der Waals surface area contributed by atoms with E-state index < -0.39 is 0 Å². The van der Waals surface area contributed by atoms with Crippen molar-refractivity contribution in [1.29, 1.82) is 0 Å². The first-order valence-corrected chi connectivity index (χ1v) is 7.85. The molecule has 2 heterocycles.